The molecule has 0 aliphatic carbocycles. The molecule has 1 fully saturated rings. The number of alkyl halides is 3. The first-order valence-corrected chi connectivity index (χ1v) is 3.87. The molecule has 0 unspecified atom stereocenters. The predicted octanol–water partition coefficient (Wildman–Crippen LogP) is 0.855. The monoisotopic (exact) mass is 214 g/mol. The molecule has 82 valence electrons. The molecule has 0 radical (unpaired) electrons. The molecule has 0 saturated carbocycles. The molecular formula is C7H9F3O4. The average molecular weight is 214 g/mol. The highest BCUT2D eigenvalue weighted by atomic mass is 19.4. The highest BCUT2D eigenvalue weighted by Gasteiger charge is 2.66. The highest BCUT2D eigenvalue weighted by molar-refractivity contribution is 5.79. The van der Waals surface area contributed by atoms with Crippen molar-refractivity contribution in [2.75, 3.05) is 20.3 Å². The second-order valence-electron chi connectivity index (χ2n) is 2.66. The summed E-state index contributed by atoms with van der Waals surface area (Å²) in [6, 6.07) is 0. The fourth-order valence-electron chi connectivity index (χ4n) is 1.06. The lowest BCUT2D eigenvalue weighted by molar-refractivity contribution is -0.381. The van der Waals surface area contributed by atoms with Crippen molar-refractivity contribution in [1.29, 1.82) is 0 Å². The zero-order chi connectivity index (χ0) is 10.8. The van der Waals surface area contributed by atoms with Crippen LogP contribution < -0.4 is 0 Å². The van der Waals surface area contributed by atoms with Crippen LogP contribution in [0.3, 0.4) is 0 Å². The number of halogens is 3. The van der Waals surface area contributed by atoms with E-state index in [1.807, 2.05) is 0 Å². The van der Waals surface area contributed by atoms with E-state index in [1.54, 1.807) is 0 Å². The summed E-state index contributed by atoms with van der Waals surface area (Å²) in [4.78, 5) is 10.9. The van der Waals surface area contributed by atoms with E-state index in [1.165, 1.54) is 0 Å². The number of hydrogen-bond acceptors (Lipinski definition) is 4. The van der Waals surface area contributed by atoms with Crippen LogP contribution in [0.2, 0.25) is 0 Å². The number of rotatable bonds is 1. The molecule has 0 atom stereocenters. The first-order chi connectivity index (χ1) is 6.44. The van der Waals surface area contributed by atoms with Crippen molar-refractivity contribution in [3.63, 3.8) is 0 Å². The Morgan fingerprint density at radius 2 is 1.86 bits per heavy atom. The van der Waals surface area contributed by atoms with Gasteiger partial charge in [0.05, 0.1) is 20.3 Å². The Labute approximate surface area is 77.9 Å². The fourth-order valence-corrected chi connectivity index (χ4v) is 1.06. The minimum atomic E-state index is -4.93. The number of esters is 1. The number of ether oxygens (including phenoxy) is 3. The Kier molecular flexibility index (Phi) is 3.01. The first kappa shape index (κ1) is 11.3. The summed E-state index contributed by atoms with van der Waals surface area (Å²) in [5, 5.41) is 0. The van der Waals surface area contributed by atoms with Gasteiger partial charge in [0.25, 0.3) is 0 Å². The smallest absolute Gasteiger partial charge is 0.455 e. The Balaban J connectivity index is 2.94. The summed E-state index contributed by atoms with van der Waals surface area (Å²) in [6.45, 7) is -0.372. The lowest BCUT2D eigenvalue weighted by atomic mass is 10.2. The second kappa shape index (κ2) is 3.74. The van der Waals surface area contributed by atoms with Crippen LogP contribution in [0.15, 0.2) is 0 Å². The van der Waals surface area contributed by atoms with Crippen molar-refractivity contribution in [3.8, 4) is 0 Å². The van der Waals surface area contributed by atoms with Crippen molar-refractivity contribution >= 4 is 5.97 Å². The Morgan fingerprint density at radius 3 is 2.21 bits per heavy atom. The van der Waals surface area contributed by atoms with Gasteiger partial charge in [0.2, 0.25) is 0 Å². The standard InChI is InChI=1S/C7H9F3O4/c1-12-5(11)6(7(8,9)10)13-3-2-4-14-6/h2-4H2,1H3. The molecule has 0 bridgehead atoms. The van der Waals surface area contributed by atoms with Gasteiger partial charge in [0, 0.05) is 0 Å². The Morgan fingerprint density at radius 1 is 1.36 bits per heavy atom. The van der Waals surface area contributed by atoms with Crippen LogP contribution >= 0.6 is 0 Å². The molecule has 4 nitrogen and oxygen atoms in total. The Bertz CT molecular complexity index is 219. The van der Waals surface area contributed by atoms with Gasteiger partial charge in [0.1, 0.15) is 0 Å². The molecule has 1 heterocycles. The average Bonchev–Trinajstić information content (AvgIpc) is 2.16. The van der Waals surface area contributed by atoms with Gasteiger partial charge in [-0.25, -0.2) is 4.79 Å². The number of hydrogen-bond donors (Lipinski definition) is 0. The van der Waals surface area contributed by atoms with E-state index in [2.05, 4.69) is 14.2 Å². The number of carbonyl (C=O) groups is 1. The molecule has 0 N–H and O–H groups in total. The van der Waals surface area contributed by atoms with Gasteiger partial charge in [-0.2, -0.15) is 13.2 Å². The van der Waals surface area contributed by atoms with E-state index < -0.39 is 17.9 Å². The van der Waals surface area contributed by atoms with Gasteiger partial charge in [0.15, 0.2) is 0 Å². The molecule has 0 spiro atoms. The molecule has 1 aliphatic rings. The van der Waals surface area contributed by atoms with Crippen LogP contribution in [-0.2, 0) is 19.0 Å². The third-order valence-electron chi connectivity index (χ3n) is 1.73. The summed E-state index contributed by atoms with van der Waals surface area (Å²) in [5.74, 6) is -4.82. The van der Waals surface area contributed by atoms with Gasteiger partial charge in [-0.3, -0.25) is 0 Å². The van der Waals surface area contributed by atoms with Gasteiger partial charge in [-0.1, -0.05) is 0 Å². The Hall–Kier alpha value is -0.820. The van der Waals surface area contributed by atoms with E-state index in [0.29, 0.717) is 6.42 Å². The lowest BCUT2D eigenvalue weighted by Gasteiger charge is -2.35. The molecular weight excluding hydrogens is 205 g/mol. The number of methoxy groups -OCH3 is 1. The zero-order valence-electron chi connectivity index (χ0n) is 7.39. The van der Waals surface area contributed by atoms with E-state index in [0.717, 1.165) is 7.11 Å². The number of carbonyl (C=O) groups excluding carboxylic acids is 1. The summed E-state index contributed by atoms with van der Waals surface area (Å²) < 4.78 is 50.2. The van der Waals surface area contributed by atoms with Crippen LogP contribution in [0.25, 0.3) is 0 Å². The third kappa shape index (κ3) is 1.69. The van der Waals surface area contributed by atoms with Gasteiger partial charge >= 0.3 is 17.9 Å². The molecule has 0 aromatic heterocycles. The van der Waals surface area contributed by atoms with E-state index >= 15 is 0 Å². The topological polar surface area (TPSA) is 44.8 Å². The van der Waals surface area contributed by atoms with Crippen LogP contribution in [-0.4, -0.2) is 38.3 Å². The van der Waals surface area contributed by atoms with Gasteiger partial charge < -0.3 is 14.2 Å². The van der Waals surface area contributed by atoms with Gasteiger partial charge in [-0.15, -0.1) is 0 Å². The minimum Gasteiger partial charge on any atom is -0.465 e. The van der Waals surface area contributed by atoms with Crippen molar-refractivity contribution in [2.24, 2.45) is 0 Å². The van der Waals surface area contributed by atoms with Crippen molar-refractivity contribution in [3.05, 3.63) is 0 Å². The third-order valence-corrected chi connectivity index (χ3v) is 1.73. The summed E-state index contributed by atoms with van der Waals surface area (Å²) in [6.07, 6.45) is -4.62. The summed E-state index contributed by atoms with van der Waals surface area (Å²) >= 11 is 0. The zero-order valence-corrected chi connectivity index (χ0v) is 7.39. The molecule has 1 rings (SSSR count). The van der Waals surface area contributed by atoms with E-state index in [-0.39, 0.29) is 13.2 Å². The summed E-state index contributed by atoms with van der Waals surface area (Å²) in [5.41, 5.74) is 0. The van der Waals surface area contributed by atoms with Crippen LogP contribution in [0.4, 0.5) is 13.2 Å². The van der Waals surface area contributed by atoms with Crippen molar-refractivity contribution < 1.29 is 32.2 Å². The predicted molar refractivity (Wildman–Crippen MR) is 37.3 cm³/mol. The maximum Gasteiger partial charge on any atom is 0.455 e. The lowest BCUT2D eigenvalue weighted by Crippen LogP contribution is -2.59. The van der Waals surface area contributed by atoms with E-state index in [4.69, 9.17) is 0 Å². The fraction of sp³-hybridized carbons (Fsp3) is 0.857. The maximum atomic E-state index is 12.5. The molecule has 7 heteroatoms. The SMILES string of the molecule is COC(=O)C1(C(F)(F)F)OCCCO1. The van der Waals surface area contributed by atoms with E-state index in [9.17, 15) is 18.0 Å². The van der Waals surface area contributed by atoms with Crippen molar-refractivity contribution in [2.45, 2.75) is 18.4 Å². The maximum absolute atomic E-state index is 12.5. The molecule has 1 saturated heterocycles. The second-order valence-corrected chi connectivity index (χ2v) is 2.66. The normalized spacial score (nSPS) is 21.7. The molecule has 0 amide bonds. The van der Waals surface area contributed by atoms with Crippen LogP contribution in [0, 0.1) is 0 Å². The molecule has 14 heavy (non-hydrogen) atoms. The quantitative estimate of drug-likeness (QED) is 0.607. The highest BCUT2D eigenvalue weighted by Crippen LogP contribution is 2.37. The first-order valence-electron chi connectivity index (χ1n) is 3.87. The van der Waals surface area contributed by atoms with Gasteiger partial charge in [-0.05, 0) is 6.42 Å². The van der Waals surface area contributed by atoms with Crippen LogP contribution in [0.1, 0.15) is 6.42 Å². The summed E-state index contributed by atoms with van der Waals surface area (Å²) in [7, 11) is 0.844. The van der Waals surface area contributed by atoms with Crippen molar-refractivity contribution in [1.82, 2.24) is 0 Å². The van der Waals surface area contributed by atoms with Crippen LogP contribution in [0.5, 0.6) is 0 Å². The molecule has 0 aromatic carbocycles. The minimum absolute atomic E-state index is 0.186. The molecule has 0 aromatic rings. The molecule has 1 aliphatic heterocycles. The largest absolute Gasteiger partial charge is 0.465 e.